The minimum Gasteiger partial charge on any atom is -0.357 e. The Morgan fingerprint density at radius 1 is 1.44 bits per heavy atom. The highest BCUT2D eigenvalue weighted by Crippen LogP contribution is 2.25. The van der Waals surface area contributed by atoms with E-state index in [4.69, 9.17) is 11.6 Å². The maximum absolute atomic E-state index is 12.0. The van der Waals surface area contributed by atoms with Crippen molar-refractivity contribution in [2.24, 2.45) is 7.05 Å². The molecule has 3 nitrogen and oxygen atoms in total. The highest BCUT2D eigenvalue weighted by atomic mass is 79.9. The van der Waals surface area contributed by atoms with Crippen LogP contribution in [0.2, 0.25) is 5.02 Å². The molecule has 0 aliphatic carbocycles. The summed E-state index contributed by atoms with van der Waals surface area (Å²) in [7, 11) is 1.94. The zero-order chi connectivity index (χ0) is 13.1. The van der Waals surface area contributed by atoms with Crippen LogP contribution in [-0.4, -0.2) is 10.5 Å². The number of carbonyl (C=O) groups excluding carboxylic acids is 1. The molecule has 0 atom stereocenters. The number of carbonyl (C=O) groups is 1. The molecule has 5 heteroatoms. The van der Waals surface area contributed by atoms with Gasteiger partial charge in [0.2, 0.25) is 0 Å². The second kappa shape index (κ2) is 5.59. The van der Waals surface area contributed by atoms with Crippen LogP contribution in [0.1, 0.15) is 15.9 Å². The molecule has 0 bridgehead atoms. The van der Waals surface area contributed by atoms with E-state index in [-0.39, 0.29) is 5.91 Å². The van der Waals surface area contributed by atoms with Crippen LogP contribution < -0.4 is 5.32 Å². The van der Waals surface area contributed by atoms with Gasteiger partial charge in [0.05, 0.1) is 10.6 Å². The molecular weight excluding hydrogens is 316 g/mol. The zero-order valence-corrected chi connectivity index (χ0v) is 12.1. The van der Waals surface area contributed by atoms with E-state index in [1.54, 1.807) is 18.2 Å². The predicted octanol–water partition coefficient (Wildman–Crippen LogP) is 3.37. The molecule has 1 aromatic heterocycles. The molecule has 0 saturated carbocycles. The molecule has 0 spiro atoms. The summed E-state index contributed by atoms with van der Waals surface area (Å²) in [4.78, 5) is 12.0. The van der Waals surface area contributed by atoms with Crippen molar-refractivity contribution in [2.75, 3.05) is 0 Å². The van der Waals surface area contributed by atoms with Crippen LogP contribution in [0.4, 0.5) is 0 Å². The number of hydrogen-bond donors (Lipinski definition) is 1. The Kier molecular flexibility index (Phi) is 4.09. The van der Waals surface area contributed by atoms with E-state index in [1.807, 2.05) is 30.1 Å². The van der Waals surface area contributed by atoms with E-state index in [2.05, 4.69) is 21.2 Å². The van der Waals surface area contributed by atoms with Crippen molar-refractivity contribution >= 4 is 33.4 Å². The Hall–Kier alpha value is -1.26. The summed E-state index contributed by atoms with van der Waals surface area (Å²) < 4.78 is 2.66. The number of nitrogens with one attached hydrogen (secondary N) is 1. The molecule has 0 saturated heterocycles. The first-order chi connectivity index (χ1) is 8.58. The number of aryl methyl sites for hydroxylation is 1. The fourth-order valence-electron chi connectivity index (χ4n) is 1.62. The maximum Gasteiger partial charge on any atom is 0.253 e. The van der Waals surface area contributed by atoms with Gasteiger partial charge >= 0.3 is 0 Å². The molecule has 18 heavy (non-hydrogen) atoms. The third-order valence-electron chi connectivity index (χ3n) is 2.54. The zero-order valence-electron chi connectivity index (χ0n) is 9.78. The number of aromatic nitrogens is 1. The molecule has 2 rings (SSSR count). The lowest BCUT2D eigenvalue weighted by Crippen LogP contribution is -2.22. The standard InChI is InChI=1S/C13H12BrClN2O/c1-17-6-5-9(8-17)7-16-13(18)10-3-2-4-11(14)12(10)15/h2-6,8H,7H2,1H3,(H,16,18). The molecule has 1 amide bonds. The first-order valence-electron chi connectivity index (χ1n) is 5.41. The lowest BCUT2D eigenvalue weighted by Gasteiger charge is -2.06. The predicted molar refractivity (Wildman–Crippen MR) is 75.7 cm³/mol. The molecule has 0 radical (unpaired) electrons. The Morgan fingerprint density at radius 2 is 2.22 bits per heavy atom. The number of rotatable bonds is 3. The molecule has 2 aromatic rings. The van der Waals surface area contributed by atoms with Gasteiger partial charge in [-0.3, -0.25) is 4.79 Å². The summed E-state index contributed by atoms with van der Waals surface area (Å²) in [6.07, 6.45) is 3.90. The van der Waals surface area contributed by atoms with Crippen molar-refractivity contribution < 1.29 is 4.79 Å². The third kappa shape index (κ3) is 2.94. The summed E-state index contributed by atoms with van der Waals surface area (Å²) in [5.41, 5.74) is 1.53. The topological polar surface area (TPSA) is 34.0 Å². The molecular formula is C13H12BrClN2O. The van der Waals surface area contributed by atoms with Crippen molar-refractivity contribution in [3.8, 4) is 0 Å². The highest BCUT2D eigenvalue weighted by Gasteiger charge is 2.11. The molecule has 94 valence electrons. The van der Waals surface area contributed by atoms with Crippen LogP contribution in [0.15, 0.2) is 41.1 Å². The van der Waals surface area contributed by atoms with Gasteiger partial charge in [-0.2, -0.15) is 0 Å². The van der Waals surface area contributed by atoms with Gasteiger partial charge in [-0.1, -0.05) is 17.7 Å². The molecule has 0 unspecified atom stereocenters. The van der Waals surface area contributed by atoms with Crippen molar-refractivity contribution in [1.82, 2.24) is 9.88 Å². The smallest absolute Gasteiger partial charge is 0.253 e. The van der Waals surface area contributed by atoms with E-state index in [9.17, 15) is 4.79 Å². The summed E-state index contributed by atoms with van der Waals surface area (Å²) in [5.74, 6) is -0.176. The second-order valence-electron chi connectivity index (χ2n) is 3.97. The Morgan fingerprint density at radius 3 is 2.89 bits per heavy atom. The van der Waals surface area contributed by atoms with Gasteiger partial charge in [-0.25, -0.2) is 0 Å². The molecule has 1 N–H and O–H groups in total. The van der Waals surface area contributed by atoms with Crippen molar-refractivity contribution in [2.45, 2.75) is 6.54 Å². The monoisotopic (exact) mass is 326 g/mol. The van der Waals surface area contributed by atoms with Gasteiger partial charge in [-0.05, 0) is 39.7 Å². The molecule has 0 aliphatic rings. The van der Waals surface area contributed by atoms with Gasteiger partial charge in [0.1, 0.15) is 0 Å². The fourth-order valence-corrected chi connectivity index (χ4v) is 2.20. The Bertz CT molecular complexity index is 580. The highest BCUT2D eigenvalue weighted by molar-refractivity contribution is 9.10. The summed E-state index contributed by atoms with van der Waals surface area (Å²) >= 11 is 9.36. The van der Waals surface area contributed by atoms with E-state index < -0.39 is 0 Å². The van der Waals surface area contributed by atoms with Gasteiger partial charge in [-0.15, -0.1) is 0 Å². The lowest BCUT2D eigenvalue weighted by molar-refractivity contribution is 0.0951. The van der Waals surface area contributed by atoms with Crippen LogP contribution in [-0.2, 0) is 13.6 Å². The van der Waals surface area contributed by atoms with E-state index >= 15 is 0 Å². The second-order valence-corrected chi connectivity index (χ2v) is 5.20. The Balaban J connectivity index is 2.06. The van der Waals surface area contributed by atoms with Crippen LogP contribution in [0.25, 0.3) is 0 Å². The fraction of sp³-hybridized carbons (Fsp3) is 0.154. The average Bonchev–Trinajstić information content (AvgIpc) is 2.76. The molecule has 0 fully saturated rings. The van der Waals surface area contributed by atoms with Crippen molar-refractivity contribution in [3.05, 3.63) is 57.3 Å². The van der Waals surface area contributed by atoms with Gasteiger partial charge in [0.25, 0.3) is 5.91 Å². The lowest BCUT2D eigenvalue weighted by atomic mass is 10.2. The first kappa shape index (κ1) is 13.2. The minimum atomic E-state index is -0.176. The number of nitrogens with zero attached hydrogens (tertiary/aromatic N) is 1. The molecule has 1 aromatic carbocycles. The van der Waals surface area contributed by atoms with Gasteiger partial charge < -0.3 is 9.88 Å². The van der Waals surface area contributed by atoms with E-state index in [0.717, 1.165) is 10.0 Å². The van der Waals surface area contributed by atoms with Crippen LogP contribution in [0, 0.1) is 0 Å². The average molecular weight is 328 g/mol. The van der Waals surface area contributed by atoms with Crippen molar-refractivity contribution in [3.63, 3.8) is 0 Å². The van der Waals surface area contributed by atoms with E-state index in [0.29, 0.717) is 17.1 Å². The maximum atomic E-state index is 12.0. The SMILES string of the molecule is Cn1ccc(CNC(=O)c2cccc(Br)c2Cl)c1. The Labute approximate surface area is 119 Å². The molecule has 0 aliphatic heterocycles. The number of benzene rings is 1. The van der Waals surface area contributed by atoms with Crippen molar-refractivity contribution in [1.29, 1.82) is 0 Å². The number of hydrogen-bond acceptors (Lipinski definition) is 1. The van der Waals surface area contributed by atoms with Gasteiger partial charge in [0.15, 0.2) is 0 Å². The van der Waals surface area contributed by atoms with Crippen LogP contribution in [0.5, 0.6) is 0 Å². The van der Waals surface area contributed by atoms with Crippen LogP contribution >= 0.6 is 27.5 Å². The largest absolute Gasteiger partial charge is 0.357 e. The quantitative estimate of drug-likeness (QED) is 0.921. The first-order valence-corrected chi connectivity index (χ1v) is 6.58. The summed E-state index contributed by atoms with van der Waals surface area (Å²) in [6, 6.07) is 7.25. The van der Waals surface area contributed by atoms with Gasteiger partial charge in [0, 0.05) is 30.5 Å². The summed E-state index contributed by atoms with van der Waals surface area (Å²) in [5, 5.41) is 3.27. The number of halogens is 2. The minimum absolute atomic E-state index is 0.176. The van der Waals surface area contributed by atoms with Crippen LogP contribution in [0.3, 0.4) is 0 Å². The number of amides is 1. The summed E-state index contributed by atoms with van der Waals surface area (Å²) in [6.45, 7) is 0.489. The normalized spacial score (nSPS) is 10.4. The third-order valence-corrected chi connectivity index (χ3v) is 3.84. The van der Waals surface area contributed by atoms with E-state index in [1.165, 1.54) is 0 Å². The molecule has 1 heterocycles.